The lowest BCUT2D eigenvalue weighted by atomic mass is 9.70. The second kappa shape index (κ2) is 7.98. The summed E-state index contributed by atoms with van der Waals surface area (Å²) in [6.45, 7) is 0. The Kier molecular flexibility index (Phi) is 5.31. The number of hydrogen-bond donors (Lipinski definition) is 2. The van der Waals surface area contributed by atoms with E-state index in [1.807, 2.05) is 30.3 Å². The maximum Gasteiger partial charge on any atom is 0.228 e. The monoisotopic (exact) mass is 480 g/mol. The molecule has 1 saturated carbocycles. The maximum absolute atomic E-state index is 13.5. The molecule has 8 heteroatoms. The van der Waals surface area contributed by atoms with Crippen LogP contribution in [0.5, 0.6) is 11.5 Å². The van der Waals surface area contributed by atoms with Crippen LogP contribution in [0.3, 0.4) is 0 Å². The molecule has 34 heavy (non-hydrogen) atoms. The maximum atomic E-state index is 13.5. The summed E-state index contributed by atoms with van der Waals surface area (Å²) in [5.41, 5.74) is -2.01. The van der Waals surface area contributed by atoms with E-state index in [9.17, 15) is 15.0 Å². The zero-order valence-electron chi connectivity index (χ0n) is 19.0. The third-order valence-corrected chi connectivity index (χ3v) is 7.29. The van der Waals surface area contributed by atoms with Crippen molar-refractivity contribution in [3.05, 3.63) is 88.7 Å². The SMILES string of the molecule is COc1cncc2c1C1(O)C(O)C(C(=O)N(C)C)C(c3ccccc3)C1(c1ccc(Cl)cc1)O2. The van der Waals surface area contributed by atoms with Crippen molar-refractivity contribution < 1.29 is 24.5 Å². The highest BCUT2D eigenvalue weighted by molar-refractivity contribution is 6.30. The van der Waals surface area contributed by atoms with Gasteiger partial charge < -0.3 is 24.6 Å². The Balaban J connectivity index is 1.89. The number of carbonyl (C=O) groups is 1. The molecule has 1 aromatic heterocycles. The van der Waals surface area contributed by atoms with Gasteiger partial charge in [-0.3, -0.25) is 9.78 Å². The van der Waals surface area contributed by atoms with Crippen LogP contribution < -0.4 is 9.47 Å². The smallest absolute Gasteiger partial charge is 0.228 e. The van der Waals surface area contributed by atoms with E-state index in [-0.39, 0.29) is 23.0 Å². The standard InChI is InChI=1S/C26H25ClN2O5/c1-29(2)24(31)20-21(15-7-5-4-6-8-15)26(16-9-11-17(27)12-10-16)25(32,23(20)30)22-18(33-3)13-28-14-19(22)34-26/h4-14,20-21,23,30,32H,1-3H3. The van der Waals surface area contributed by atoms with Gasteiger partial charge >= 0.3 is 0 Å². The molecule has 176 valence electrons. The number of aromatic nitrogens is 1. The van der Waals surface area contributed by atoms with Crippen LogP contribution in [0.2, 0.25) is 5.02 Å². The Labute approximate surface area is 202 Å². The molecule has 5 atom stereocenters. The molecule has 1 amide bonds. The van der Waals surface area contributed by atoms with Gasteiger partial charge in [0, 0.05) is 25.0 Å². The summed E-state index contributed by atoms with van der Waals surface area (Å²) in [5.74, 6) is -1.53. The number of rotatable bonds is 4. The number of carbonyl (C=O) groups excluding carboxylic acids is 1. The fourth-order valence-corrected chi connectivity index (χ4v) is 5.79. The largest absolute Gasteiger partial charge is 0.495 e. The zero-order chi connectivity index (χ0) is 24.3. The van der Waals surface area contributed by atoms with Crippen LogP contribution in [0.15, 0.2) is 67.0 Å². The number of pyridine rings is 1. The van der Waals surface area contributed by atoms with Gasteiger partial charge in [-0.15, -0.1) is 0 Å². The molecule has 1 aliphatic carbocycles. The Morgan fingerprint density at radius 2 is 1.79 bits per heavy atom. The first-order valence-corrected chi connectivity index (χ1v) is 11.3. The van der Waals surface area contributed by atoms with E-state index in [1.165, 1.54) is 24.4 Å². The zero-order valence-corrected chi connectivity index (χ0v) is 19.7. The van der Waals surface area contributed by atoms with Crippen LogP contribution in [0.25, 0.3) is 0 Å². The molecule has 2 N–H and O–H groups in total. The average Bonchev–Trinajstić information content (AvgIpc) is 3.22. The molecule has 0 saturated heterocycles. The summed E-state index contributed by atoms with van der Waals surface area (Å²) in [6.07, 6.45) is 1.44. The molecular weight excluding hydrogens is 456 g/mol. The molecule has 0 bridgehead atoms. The minimum Gasteiger partial charge on any atom is -0.495 e. The molecule has 7 nitrogen and oxygen atoms in total. The number of methoxy groups -OCH3 is 1. The quantitative estimate of drug-likeness (QED) is 0.596. The number of fused-ring (bicyclic) bond motifs is 3. The van der Waals surface area contributed by atoms with Crippen molar-refractivity contribution in [3.63, 3.8) is 0 Å². The molecule has 5 rings (SSSR count). The third-order valence-electron chi connectivity index (χ3n) is 7.04. The molecule has 5 unspecified atom stereocenters. The lowest BCUT2D eigenvalue weighted by Crippen LogP contribution is -2.52. The normalized spacial score (nSPS) is 29.2. The van der Waals surface area contributed by atoms with E-state index < -0.39 is 29.1 Å². The molecular formula is C26H25ClN2O5. The van der Waals surface area contributed by atoms with Crippen molar-refractivity contribution in [1.82, 2.24) is 9.88 Å². The summed E-state index contributed by atoms with van der Waals surface area (Å²) in [4.78, 5) is 19.2. The lowest BCUT2D eigenvalue weighted by Gasteiger charge is -2.40. The van der Waals surface area contributed by atoms with Gasteiger partial charge in [-0.1, -0.05) is 54.1 Å². The molecule has 0 spiro atoms. The predicted octanol–water partition coefficient (Wildman–Crippen LogP) is 3.08. The van der Waals surface area contributed by atoms with Crippen LogP contribution in [0.4, 0.5) is 0 Å². The van der Waals surface area contributed by atoms with Crippen molar-refractivity contribution in [3.8, 4) is 11.5 Å². The number of halogens is 1. The average molecular weight is 481 g/mol. The first-order valence-electron chi connectivity index (χ1n) is 10.9. The molecule has 2 aliphatic rings. The van der Waals surface area contributed by atoms with E-state index in [0.29, 0.717) is 10.6 Å². The fraction of sp³-hybridized carbons (Fsp3) is 0.308. The number of hydrogen-bond acceptors (Lipinski definition) is 6. The van der Waals surface area contributed by atoms with Gasteiger partial charge in [0.25, 0.3) is 0 Å². The van der Waals surface area contributed by atoms with E-state index in [4.69, 9.17) is 21.1 Å². The Hall–Kier alpha value is -3.13. The van der Waals surface area contributed by atoms with Crippen LogP contribution in [0.1, 0.15) is 22.6 Å². The number of ether oxygens (including phenoxy) is 2. The summed E-state index contributed by atoms with van der Waals surface area (Å²) < 4.78 is 12.2. The highest BCUT2D eigenvalue weighted by Gasteiger charge is 2.78. The predicted molar refractivity (Wildman–Crippen MR) is 126 cm³/mol. The highest BCUT2D eigenvalue weighted by Crippen LogP contribution is 2.69. The molecule has 2 heterocycles. The van der Waals surface area contributed by atoms with Crippen molar-refractivity contribution in [2.75, 3.05) is 21.2 Å². The summed E-state index contributed by atoms with van der Waals surface area (Å²) in [6, 6.07) is 16.2. The Morgan fingerprint density at radius 3 is 2.41 bits per heavy atom. The van der Waals surface area contributed by atoms with Crippen molar-refractivity contribution in [2.45, 2.75) is 23.2 Å². The van der Waals surface area contributed by atoms with Crippen LogP contribution in [-0.2, 0) is 16.0 Å². The van der Waals surface area contributed by atoms with Gasteiger partial charge in [0.05, 0.1) is 31.0 Å². The van der Waals surface area contributed by atoms with E-state index in [1.54, 1.807) is 38.4 Å². The van der Waals surface area contributed by atoms with Crippen LogP contribution in [0, 0.1) is 5.92 Å². The summed E-state index contributed by atoms with van der Waals surface area (Å²) in [7, 11) is 4.72. The van der Waals surface area contributed by atoms with Crippen LogP contribution >= 0.6 is 11.6 Å². The van der Waals surface area contributed by atoms with E-state index in [2.05, 4.69) is 4.98 Å². The van der Waals surface area contributed by atoms with Gasteiger partial charge in [-0.2, -0.15) is 0 Å². The molecule has 0 radical (unpaired) electrons. The Morgan fingerprint density at radius 1 is 1.12 bits per heavy atom. The Bertz CT molecular complexity index is 1240. The van der Waals surface area contributed by atoms with Crippen molar-refractivity contribution in [2.24, 2.45) is 5.92 Å². The van der Waals surface area contributed by atoms with Crippen molar-refractivity contribution in [1.29, 1.82) is 0 Å². The molecule has 3 aromatic rings. The fourth-order valence-electron chi connectivity index (χ4n) is 5.67. The first-order chi connectivity index (χ1) is 16.3. The van der Waals surface area contributed by atoms with Crippen molar-refractivity contribution >= 4 is 17.5 Å². The van der Waals surface area contributed by atoms with Crippen LogP contribution in [-0.4, -0.2) is 53.3 Å². The van der Waals surface area contributed by atoms with Gasteiger partial charge in [0.2, 0.25) is 5.91 Å². The van der Waals surface area contributed by atoms with E-state index in [0.717, 1.165) is 5.56 Å². The van der Waals surface area contributed by atoms with Gasteiger partial charge in [-0.05, 0) is 23.3 Å². The third kappa shape index (κ3) is 2.84. The number of aliphatic hydroxyl groups is 2. The first kappa shape index (κ1) is 22.7. The second-order valence-corrected chi connectivity index (χ2v) is 9.35. The van der Waals surface area contributed by atoms with Gasteiger partial charge in [-0.25, -0.2) is 0 Å². The topological polar surface area (TPSA) is 92.1 Å². The number of nitrogens with zero attached hydrogens (tertiary/aromatic N) is 2. The number of aliphatic hydroxyl groups excluding tert-OH is 1. The van der Waals surface area contributed by atoms with Gasteiger partial charge in [0.1, 0.15) is 17.6 Å². The minimum absolute atomic E-state index is 0.264. The highest BCUT2D eigenvalue weighted by atomic mass is 35.5. The molecule has 1 fully saturated rings. The molecule has 1 aliphatic heterocycles. The number of amides is 1. The van der Waals surface area contributed by atoms with Gasteiger partial charge in [0.15, 0.2) is 11.2 Å². The molecule has 2 aromatic carbocycles. The minimum atomic E-state index is -2.03. The summed E-state index contributed by atoms with van der Waals surface area (Å²) in [5, 5.41) is 24.9. The lowest BCUT2D eigenvalue weighted by molar-refractivity contribution is -0.156. The second-order valence-electron chi connectivity index (χ2n) is 8.92. The number of benzene rings is 2. The summed E-state index contributed by atoms with van der Waals surface area (Å²) >= 11 is 6.19. The van der Waals surface area contributed by atoms with E-state index >= 15 is 0 Å².